The van der Waals surface area contributed by atoms with E-state index in [1.807, 2.05) is 12.1 Å². The molecule has 4 heteroatoms. The quantitative estimate of drug-likeness (QED) is 0.772. The van der Waals surface area contributed by atoms with Gasteiger partial charge in [0, 0.05) is 32.2 Å². The van der Waals surface area contributed by atoms with Crippen LogP contribution in [0.15, 0.2) is 18.3 Å². The second-order valence-electron chi connectivity index (χ2n) is 4.63. The largest absolute Gasteiger partial charge is 0.368 e. The maximum Gasteiger partial charge on any atom is 0.140 e. The molecule has 4 nitrogen and oxygen atoms in total. The Bertz CT molecular complexity index is 396. The third-order valence-electron chi connectivity index (χ3n) is 3.27. The van der Waals surface area contributed by atoms with Crippen LogP contribution in [0, 0.1) is 11.3 Å². The van der Waals surface area contributed by atoms with Crippen molar-refractivity contribution in [2.24, 2.45) is 0 Å². The van der Waals surface area contributed by atoms with Gasteiger partial charge in [-0.25, -0.2) is 4.98 Å². The summed E-state index contributed by atoms with van der Waals surface area (Å²) in [6.07, 6.45) is 1.80. The van der Waals surface area contributed by atoms with Gasteiger partial charge >= 0.3 is 0 Å². The molecule has 0 aromatic carbocycles. The van der Waals surface area contributed by atoms with Crippen LogP contribution in [0.1, 0.15) is 19.5 Å². The Morgan fingerprint density at radius 1 is 1.24 bits per heavy atom. The van der Waals surface area contributed by atoms with Crippen LogP contribution in [-0.2, 0) is 0 Å². The molecule has 1 aliphatic heterocycles. The summed E-state index contributed by atoms with van der Waals surface area (Å²) in [5.74, 6) is 0. The van der Waals surface area contributed by atoms with E-state index in [1.54, 1.807) is 12.3 Å². The molecule has 0 spiro atoms. The molecule has 0 saturated carbocycles. The fourth-order valence-electron chi connectivity index (χ4n) is 2.14. The highest BCUT2D eigenvalue weighted by Gasteiger charge is 2.18. The Kier molecular flexibility index (Phi) is 3.60. The second-order valence-corrected chi connectivity index (χ2v) is 4.63. The van der Waals surface area contributed by atoms with Gasteiger partial charge in [0.05, 0.1) is 11.9 Å². The second kappa shape index (κ2) is 5.15. The topological polar surface area (TPSA) is 43.2 Å². The van der Waals surface area contributed by atoms with Crippen LogP contribution < -0.4 is 4.90 Å². The van der Waals surface area contributed by atoms with Gasteiger partial charge in [-0.1, -0.05) is 0 Å². The van der Waals surface area contributed by atoms with E-state index in [0.717, 1.165) is 31.9 Å². The summed E-state index contributed by atoms with van der Waals surface area (Å²) in [5, 5.41) is 8.70. The molecule has 2 rings (SSSR count). The molecule has 17 heavy (non-hydrogen) atoms. The number of aromatic nitrogens is 1. The first-order valence-corrected chi connectivity index (χ1v) is 6.06. The fourth-order valence-corrected chi connectivity index (χ4v) is 2.14. The van der Waals surface area contributed by atoms with Gasteiger partial charge in [-0.2, -0.15) is 5.26 Å². The minimum absolute atomic E-state index is 0.481. The average Bonchev–Trinajstić information content (AvgIpc) is 2.39. The van der Waals surface area contributed by atoms with E-state index >= 15 is 0 Å². The molecule has 0 atom stereocenters. The summed E-state index contributed by atoms with van der Waals surface area (Å²) in [4.78, 5) is 8.92. The summed E-state index contributed by atoms with van der Waals surface area (Å²) in [6.45, 7) is 8.73. The van der Waals surface area contributed by atoms with Crippen molar-refractivity contribution in [3.05, 3.63) is 24.0 Å². The van der Waals surface area contributed by atoms with Gasteiger partial charge in [-0.05, 0) is 26.0 Å². The highest BCUT2D eigenvalue weighted by atomic mass is 15.3. The van der Waals surface area contributed by atoms with Gasteiger partial charge in [-0.15, -0.1) is 0 Å². The van der Waals surface area contributed by atoms with E-state index in [-0.39, 0.29) is 0 Å². The first-order chi connectivity index (χ1) is 8.20. The van der Waals surface area contributed by atoms with Gasteiger partial charge in [0.1, 0.15) is 11.8 Å². The monoisotopic (exact) mass is 230 g/mol. The Hall–Kier alpha value is -1.60. The van der Waals surface area contributed by atoms with Crippen molar-refractivity contribution in [1.82, 2.24) is 9.88 Å². The number of pyridine rings is 1. The van der Waals surface area contributed by atoms with Crippen LogP contribution in [0.3, 0.4) is 0 Å². The summed E-state index contributed by atoms with van der Waals surface area (Å²) < 4.78 is 0. The van der Waals surface area contributed by atoms with Crippen molar-refractivity contribution in [3.8, 4) is 6.07 Å². The lowest BCUT2D eigenvalue weighted by Gasteiger charge is -2.37. The molecule has 1 saturated heterocycles. The Labute approximate surface area is 102 Å². The zero-order valence-electron chi connectivity index (χ0n) is 10.4. The maximum absolute atomic E-state index is 8.70. The van der Waals surface area contributed by atoms with Gasteiger partial charge in [-0.3, -0.25) is 4.90 Å². The molecular weight excluding hydrogens is 212 g/mol. The SMILES string of the molecule is CC(C)N1CCN(c2ccc(C#N)nc2)CC1. The normalized spacial score (nSPS) is 17.2. The molecule has 0 bridgehead atoms. The molecule has 1 fully saturated rings. The third kappa shape index (κ3) is 2.75. The first-order valence-electron chi connectivity index (χ1n) is 6.06. The number of nitriles is 1. The van der Waals surface area contributed by atoms with E-state index in [1.165, 1.54) is 0 Å². The molecular formula is C13H18N4. The van der Waals surface area contributed by atoms with Gasteiger partial charge in [0.25, 0.3) is 0 Å². The molecule has 1 aromatic heterocycles. The molecule has 0 aliphatic carbocycles. The van der Waals surface area contributed by atoms with Crippen molar-refractivity contribution in [1.29, 1.82) is 5.26 Å². The zero-order chi connectivity index (χ0) is 12.3. The Morgan fingerprint density at radius 3 is 2.41 bits per heavy atom. The van der Waals surface area contributed by atoms with Gasteiger partial charge < -0.3 is 4.90 Å². The van der Waals surface area contributed by atoms with Crippen LogP contribution in [0.2, 0.25) is 0 Å². The highest BCUT2D eigenvalue weighted by Crippen LogP contribution is 2.16. The molecule has 2 heterocycles. The van der Waals surface area contributed by atoms with Crippen molar-refractivity contribution in [2.75, 3.05) is 31.1 Å². The molecule has 0 amide bonds. The standard InChI is InChI=1S/C13H18N4/c1-11(2)16-5-7-17(8-6-16)13-4-3-12(9-14)15-10-13/h3-4,10-11H,5-8H2,1-2H3. The lowest BCUT2D eigenvalue weighted by Crippen LogP contribution is -2.48. The lowest BCUT2D eigenvalue weighted by molar-refractivity contribution is 0.209. The Morgan fingerprint density at radius 2 is 1.94 bits per heavy atom. The van der Waals surface area contributed by atoms with Gasteiger partial charge in [0.2, 0.25) is 0 Å². The smallest absolute Gasteiger partial charge is 0.140 e. The number of nitrogens with zero attached hydrogens (tertiary/aromatic N) is 4. The van der Waals surface area contributed by atoms with Crippen molar-refractivity contribution >= 4 is 5.69 Å². The van der Waals surface area contributed by atoms with Crippen molar-refractivity contribution < 1.29 is 0 Å². The van der Waals surface area contributed by atoms with E-state index in [2.05, 4.69) is 28.6 Å². The predicted octanol–water partition coefficient (Wildman–Crippen LogP) is 1.48. The molecule has 90 valence electrons. The lowest BCUT2D eigenvalue weighted by atomic mass is 10.2. The zero-order valence-corrected chi connectivity index (χ0v) is 10.4. The summed E-state index contributed by atoms with van der Waals surface area (Å²) in [6, 6.07) is 6.43. The first kappa shape index (κ1) is 11.9. The summed E-state index contributed by atoms with van der Waals surface area (Å²) >= 11 is 0. The van der Waals surface area contributed by atoms with E-state index in [0.29, 0.717) is 11.7 Å². The molecule has 0 N–H and O–H groups in total. The number of piperazine rings is 1. The molecule has 0 radical (unpaired) electrons. The van der Waals surface area contributed by atoms with Crippen LogP contribution >= 0.6 is 0 Å². The number of anilines is 1. The summed E-state index contributed by atoms with van der Waals surface area (Å²) in [5.41, 5.74) is 1.60. The minimum Gasteiger partial charge on any atom is -0.368 e. The predicted molar refractivity (Wildman–Crippen MR) is 67.9 cm³/mol. The Balaban J connectivity index is 1.98. The van der Waals surface area contributed by atoms with E-state index in [9.17, 15) is 0 Å². The van der Waals surface area contributed by atoms with Crippen molar-refractivity contribution in [3.63, 3.8) is 0 Å². The van der Waals surface area contributed by atoms with Crippen LogP contribution in [0.25, 0.3) is 0 Å². The van der Waals surface area contributed by atoms with Crippen LogP contribution in [0.4, 0.5) is 5.69 Å². The fraction of sp³-hybridized carbons (Fsp3) is 0.538. The third-order valence-corrected chi connectivity index (χ3v) is 3.27. The van der Waals surface area contributed by atoms with E-state index < -0.39 is 0 Å². The van der Waals surface area contributed by atoms with Gasteiger partial charge in [0.15, 0.2) is 0 Å². The van der Waals surface area contributed by atoms with Crippen molar-refractivity contribution in [2.45, 2.75) is 19.9 Å². The maximum atomic E-state index is 8.70. The average molecular weight is 230 g/mol. The van der Waals surface area contributed by atoms with E-state index in [4.69, 9.17) is 5.26 Å². The highest BCUT2D eigenvalue weighted by molar-refractivity contribution is 5.46. The van der Waals surface area contributed by atoms with Crippen LogP contribution in [0.5, 0.6) is 0 Å². The number of rotatable bonds is 2. The number of hydrogen-bond acceptors (Lipinski definition) is 4. The minimum atomic E-state index is 0.481. The number of hydrogen-bond donors (Lipinski definition) is 0. The van der Waals surface area contributed by atoms with Crippen LogP contribution in [-0.4, -0.2) is 42.1 Å². The molecule has 1 aromatic rings. The molecule has 0 unspecified atom stereocenters. The molecule has 1 aliphatic rings. The summed E-state index contributed by atoms with van der Waals surface area (Å²) in [7, 11) is 0.